The lowest BCUT2D eigenvalue weighted by atomic mass is 10.2. The minimum absolute atomic E-state index is 0.0138. The van der Waals surface area contributed by atoms with Gasteiger partial charge >= 0.3 is 5.97 Å². The molecule has 10 heteroatoms. The zero-order valence-electron chi connectivity index (χ0n) is 10.9. The smallest absolute Gasteiger partial charge is 0.340 e. The van der Waals surface area contributed by atoms with Crippen molar-refractivity contribution in [1.82, 2.24) is 14.6 Å². The summed E-state index contributed by atoms with van der Waals surface area (Å²) in [5.74, 6) is -1.23. The van der Waals surface area contributed by atoms with Crippen LogP contribution in [0.4, 0.5) is 5.00 Å². The standard InChI is InChI=1S/C10H12N4O4S2/c1-4-7(10(15)16)9(19-13-4)14-20(17,18)8-5(2)11-12-6(8)3/h14H,1-3H3,(H,11,12)(H,15,16). The first-order valence-corrected chi connectivity index (χ1v) is 7.73. The minimum atomic E-state index is -3.91. The van der Waals surface area contributed by atoms with Crippen LogP contribution in [0.25, 0.3) is 0 Å². The highest BCUT2D eigenvalue weighted by Crippen LogP contribution is 2.28. The van der Waals surface area contributed by atoms with E-state index in [1.807, 2.05) is 0 Å². The Balaban J connectivity index is 2.47. The summed E-state index contributed by atoms with van der Waals surface area (Å²) < 4.78 is 30.7. The average molecular weight is 316 g/mol. The predicted octanol–water partition coefficient (Wildman–Crippen LogP) is 1.29. The van der Waals surface area contributed by atoms with E-state index < -0.39 is 16.0 Å². The number of hydrogen-bond donors (Lipinski definition) is 3. The number of anilines is 1. The first-order chi connectivity index (χ1) is 9.24. The Bertz CT molecular complexity index is 756. The van der Waals surface area contributed by atoms with Gasteiger partial charge in [-0.25, -0.2) is 13.2 Å². The molecule has 2 heterocycles. The summed E-state index contributed by atoms with van der Waals surface area (Å²) in [4.78, 5) is 11.1. The molecular weight excluding hydrogens is 304 g/mol. The largest absolute Gasteiger partial charge is 0.478 e. The topological polar surface area (TPSA) is 125 Å². The molecule has 0 spiro atoms. The second-order valence-corrected chi connectivity index (χ2v) is 6.54. The number of aromatic carboxylic acids is 1. The summed E-state index contributed by atoms with van der Waals surface area (Å²) in [7, 11) is -3.91. The van der Waals surface area contributed by atoms with Crippen LogP contribution in [0.5, 0.6) is 0 Å². The van der Waals surface area contributed by atoms with Crippen molar-refractivity contribution in [2.75, 3.05) is 4.72 Å². The number of carboxylic acid groups (broad SMARTS) is 1. The third kappa shape index (κ3) is 2.39. The maximum absolute atomic E-state index is 12.3. The highest BCUT2D eigenvalue weighted by Gasteiger charge is 2.26. The molecule has 0 aliphatic heterocycles. The molecule has 2 aromatic rings. The number of aromatic nitrogens is 3. The molecule has 2 rings (SSSR count). The van der Waals surface area contributed by atoms with Gasteiger partial charge in [0.05, 0.1) is 17.1 Å². The normalized spacial score (nSPS) is 11.6. The van der Waals surface area contributed by atoms with Crippen LogP contribution in [0, 0.1) is 20.8 Å². The van der Waals surface area contributed by atoms with Crippen molar-refractivity contribution in [3.63, 3.8) is 0 Å². The zero-order chi connectivity index (χ0) is 15.1. The number of H-pyrrole nitrogens is 1. The summed E-state index contributed by atoms with van der Waals surface area (Å²) in [6.45, 7) is 4.63. The van der Waals surface area contributed by atoms with Gasteiger partial charge in [0.25, 0.3) is 10.0 Å². The average Bonchev–Trinajstić information content (AvgIpc) is 2.82. The third-order valence-corrected chi connectivity index (χ3v) is 5.23. The van der Waals surface area contributed by atoms with Gasteiger partial charge in [0.15, 0.2) is 0 Å². The number of rotatable bonds is 4. The van der Waals surface area contributed by atoms with Crippen molar-refractivity contribution in [1.29, 1.82) is 0 Å². The SMILES string of the molecule is Cc1nsc(NS(=O)(=O)c2c(C)n[nH]c2C)c1C(=O)O. The van der Waals surface area contributed by atoms with Gasteiger partial charge in [-0.2, -0.15) is 9.47 Å². The lowest BCUT2D eigenvalue weighted by Crippen LogP contribution is -2.15. The summed E-state index contributed by atoms with van der Waals surface area (Å²) >= 11 is 0.789. The molecule has 0 fully saturated rings. The van der Waals surface area contributed by atoms with Crippen LogP contribution in [-0.4, -0.2) is 34.1 Å². The molecule has 108 valence electrons. The zero-order valence-corrected chi connectivity index (χ0v) is 12.5. The molecule has 0 aliphatic rings. The Labute approximate surface area is 119 Å². The summed E-state index contributed by atoms with van der Waals surface area (Å²) in [6, 6.07) is 0. The second-order valence-electron chi connectivity index (χ2n) is 4.15. The van der Waals surface area contributed by atoms with Crippen molar-refractivity contribution in [2.24, 2.45) is 0 Å². The fourth-order valence-corrected chi connectivity index (χ4v) is 4.26. The maximum Gasteiger partial charge on any atom is 0.340 e. The number of sulfonamides is 1. The Morgan fingerprint density at radius 1 is 1.30 bits per heavy atom. The fraction of sp³-hybridized carbons (Fsp3) is 0.300. The highest BCUT2D eigenvalue weighted by molar-refractivity contribution is 7.93. The monoisotopic (exact) mass is 316 g/mol. The number of carbonyl (C=O) groups is 1. The minimum Gasteiger partial charge on any atom is -0.478 e. The molecule has 0 radical (unpaired) electrons. The van der Waals surface area contributed by atoms with E-state index >= 15 is 0 Å². The van der Waals surface area contributed by atoms with Gasteiger partial charge in [0.2, 0.25) is 0 Å². The van der Waals surface area contributed by atoms with E-state index in [9.17, 15) is 13.2 Å². The van der Waals surface area contributed by atoms with Crippen molar-refractivity contribution in [3.8, 4) is 0 Å². The fourth-order valence-electron chi connectivity index (χ4n) is 1.80. The van der Waals surface area contributed by atoms with Crippen molar-refractivity contribution in [3.05, 3.63) is 22.6 Å². The van der Waals surface area contributed by atoms with E-state index in [0.29, 0.717) is 11.4 Å². The Kier molecular flexibility index (Phi) is 3.52. The van der Waals surface area contributed by atoms with Crippen molar-refractivity contribution >= 4 is 32.5 Å². The molecule has 0 unspecified atom stereocenters. The van der Waals surface area contributed by atoms with Crippen LogP contribution in [0.2, 0.25) is 0 Å². The van der Waals surface area contributed by atoms with Gasteiger partial charge in [0, 0.05) is 0 Å². The van der Waals surface area contributed by atoms with E-state index in [2.05, 4.69) is 19.3 Å². The molecule has 0 aliphatic carbocycles. The van der Waals surface area contributed by atoms with Gasteiger partial charge in [-0.1, -0.05) is 0 Å². The summed E-state index contributed by atoms with van der Waals surface area (Å²) in [5.41, 5.74) is 0.819. The van der Waals surface area contributed by atoms with E-state index in [4.69, 9.17) is 5.11 Å². The van der Waals surface area contributed by atoms with Gasteiger partial charge in [-0.3, -0.25) is 9.82 Å². The highest BCUT2D eigenvalue weighted by atomic mass is 32.2. The number of aromatic amines is 1. The van der Waals surface area contributed by atoms with E-state index in [1.165, 1.54) is 6.92 Å². The molecule has 0 bridgehead atoms. The maximum atomic E-state index is 12.3. The molecule has 0 saturated heterocycles. The Morgan fingerprint density at radius 3 is 2.45 bits per heavy atom. The van der Waals surface area contributed by atoms with E-state index in [0.717, 1.165) is 11.5 Å². The number of carboxylic acids is 1. The number of aryl methyl sites for hydroxylation is 3. The molecule has 0 aromatic carbocycles. The van der Waals surface area contributed by atoms with Crippen LogP contribution < -0.4 is 4.72 Å². The molecule has 0 saturated carbocycles. The van der Waals surface area contributed by atoms with E-state index in [-0.39, 0.29) is 21.2 Å². The molecule has 8 nitrogen and oxygen atoms in total. The first kappa shape index (κ1) is 14.5. The predicted molar refractivity (Wildman–Crippen MR) is 72.7 cm³/mol. The number of hydrogen-bond acceptors (Lipinski definition) is 6. The van der Waals surface area contributed by atoms with Crippen LogP contribution in [-0.2, 0) is 10.0 Å². The molecule has 0 atom stereocenters. The second kappa shape index (κ2) is 4.87. The Hall–Kier alpha value is -1.94. The van der Waals surface area contributed by atoms with Crippen LogP contribution in [0.3, 0.4) is 0 Å². The number of nitrogens with zero attached hydrogens (tertiary/aromatic N) is 2. The van der Waals surface area contributed by atoms with Gasteiger partial charge < -0.3 is 5.11 Å². The van der Waals surface area contributed by atoms with Gasteiger partial charge in [0.1, 0.15) is 15.5 Å². The Morgan fingerprint density at radius 2 is 1.95 bits per heavy atom. The van der Waals surface area contributed by atoms with Crippen molar-refractivity contribution < 1.29 is 18.3 Å². The lowest BCUT2D eigenvalue weighted by molar-refractivity contribution is 0.0697. The quantitative estimate of drug-likeness (QED) is 0.780. The van der Waals surface area contributed by atoms with E-state index in [1.54, 1.807) is 13.8 Å². The van der Waals surface area contributed by atoms with Gasteiger partial charge in [-0.15, -0.1) is 0 Å². The summed E-state index contributed by atoms with van der Waals surface area (Å²) in [5, 5.41) is 15.5. The molecular formula is C10H12N4O4S2. The van der Waals surface area contributed by atoms with Crippen LogP contribution in [0.15, 0.2) is 4.90 Å². The molecule has 20 heavy (non-hydrogen) atoms. The van der Waals surface area contributed by atoms with Crippen molar-refractivity contribution in [2.45, 2.75) is 25.7 Å². The lowest BCUT2D eigenvalue weighted by Gasteiger charge is -2.06. The first-order valence-electron chi connectivity index (χ1n) is 5.48. The summed E-state index contributed by atoms with van der Waals surface area (Å²) in [6.07, 6.45) is 0. The molecule has 0 amide bonds. The number of nitrogens with one attached hydrogen (secondary N) is 2. The van der Waals surface area contributed by atoms with Crippen LogP contribution in [0.1, 0.15) is 27.4 Å². The molecule has 3 N–H and O–H groups in total. The third-order valence-electron chi connectivity index (χ3n) is 2.63. The van der Waals surface area contributed by atoms with Crippen LogP contribution >= 0.6 is 11.5 Å². The molecule has 2 aromatic heterocycles. The van der Waals surface area contributed by atoms with Gasteiger partial charge in [-0.05, 0) is 32.3 Å².